The standard InChI is InChI=1S/C14H28N2O/c1-11(2)10-17-7-6-16(3)14-8-12-4-5-13(9-14)15-12/h11-15H,4-10H2,1-3H3. The zero-order valence-corrected chi connectivity index (χ0v) is 11.6. The number of piperidine rings is 1. The van der Waals surface area contributed by atoms with E-state index in [0.29, 0.717) is 5.92 Å². The molecular weight excluding hydrogens is 212 g/mol. The average Bonchev–Trinajstić information content (AvgIpc) is 2.63. The van der Waals surface area contributed by atoms with Crippen molar-refractivity contribution in [3.8, 4) is 0 Å². The lowest BCUT2D eigenvalue weighted by molar-refractivity contribution is 0.0722. The predicted molar refractivity (Wildman–Crippen MR) is 71.3 cm³/mol. The first-order valence-electron chi connectivity index (χ1n) is 7.19. The van der Waals surface area contributed by atoms with E-state index < -0.39 is 0 Å². The second kappa shape index (κ2) is 6.17. The Kier molecular flexibility index (Phi) is 4.83. The summed E-state index contributed by atoms with van der Waals surface area (Å²) in [4.78, 5) is 2.51. The van der Waals surface area contributed by atoms with Gasteiger partial charge in [-0.3, -0.25) is 0 Å². The number of fused-ring (bicyclic) bond motifs is 2. The molecule has 2 aliphatic rings. The first kappa shape index (κ1) is 13.3. The minimum Gasteiger partial charge on any atom is -0.380 e. The fourth-order valence-corrected chi connectivity index (χ4v) is 3.10. The van der Waals surface area contributed by atoms with Crippen molar-refractivity contribution in [2.45, 2.75) is 57.7 Å². The van der Waals surface area contributed by atoms with Crippen LogP contribution in [0.4, 0.5) is 0 Å². The van der Waals surface area contributed by atoms with Gasteiger partial charge < -0.3 is 15.0 Å². The summed E-state index contributed by atoms with van der Waals surface area (Å²) in [6.45, 7) is 7.26. The maximum Gasteiger partial charge on any atom is 0.0593 e. The minimum absolute atomic E-state index is 0.648. The number of rotatable bonds is 6. The van der Waals surface area contributed by atoms with Crippen LogP contribution in [0.15, 0.2) is 0 Å². The second-order valence-electron chi connectivity index (χ2n) is 6.21. The summed E-state index contributed by atoms with van der Waals surface area (Å²) in [7, 11) is 2.26. The molecule has 2 fully saturated rings. The summed E-state index contributed by atoms with van der Waals surface area (Å²) in [6, 6.07) is 2.35. The van der Waals surface area contributed by atoms with E-state index in [2.05, 4.69) is 31.1 Å². The van der Waals surface area contributed by atoms with Gasteiger partial charge in [0.05, 0.1) is 6.61 Å². The van der Waals surface area contributed by atoms with E-state index >= 15 is 0 Å². The van der Waals surface area contributed by atoms with E-state index in [9.17, 15) is 0 Å². The van der Waals surface area contributed by atoms with E-state index in [4.69, 9.17) is 4.74 Å². The summed E-state index contributed by atoms with van der Waals surface area (Å²) in [5.74, 6) is 0.648. The van der Waals surface area contributed by atoms with Crippen LogP contribution in [0, 0.1) is 5.92 Å². The molecule has 0 aromatic heterocycles. The monoisotopic (exact) mass is 240 g/mol. The fourth-order valence-electron chi connectivity index (χ4n) is 3.10. The van der Waals surface area contributed by atoms with Gasteiger partial charge in [0.2, 0.25) is 0 Å². The molecule has 2 rings (SSSR count). The molecule has 2 bridgehead atoms. The zero-order chi connectivity index (χ0) is 12.3. The Bertz CT molecular complexity index is 220. The van der Waals surface area contributed by atoms with Gasteiger partial charge in [0.25, 0.3) is 0 Å². The topological polar surface area (TPSA) is 24.5 Å². The molecule has 17 heavy (non-hydrogen) atoms. The third-order valence-corrected chi connectivity index (χ3v) is 4.11. The Hall–Kier alpha value is -0.120. The van der Waals surface area contributed by atoms with Gasteiger partial charge in [-0.25, -0.2) is 0 Å². The highest BCUT2D eigenvalue weighted by molar-refractivity contribution is 4.95. The van der Waals surface area contributed by atoms with Crippen LogP contribution >= 0.6 is 0 Å². The highest BCUT2D eigenvalue weighted by Crippen LogP contribution is 2.28. The van der Waals surface area contributed by atoms with Crippen molar-refractivity contribution in [2.75, 3.05) is 26.8 Å². The summed E-state index contributed by atoms with van der Waals surface area (Å²) in [5.41, 5.74) is 0. The van der Waals surface area contributed by atoms with Crippen LogP contribution in [0.3, 0.4) is 0 Å². The number of hydrogen-bond acceptors (Lipinski definition) is 3. The van der Waals surface area contributed by atoms with E-state index in [1.807, 2.05) is 0 Å². The van der Waals surface area contributed by atoms with Gasteiger partial charge in [0.1, 0.15) is 0 Å². The molecule has 2 heterocycles. The first-order valence-corrected chi connectivity index (χ1v) is 7.19. The van der Waals surface area contributed by atoms with E-state index in [0.717, 1.165) is 37.9 Å². The Morgan fingerprint density at radius 3 is 2.47 bits per heavy atom. The molecule has 100 valence electrons. The third kappa shape index (κ3) is 3.94. The SMILES string of the molecule is CC(C)COCCN(C)C1CC2CCC(C1)N2. The van der Waals surface area contributed by atoms with Gasteiger partial charge in [0, 0.05) is 31.3 Å². The summed E-state index contributed by atoms with van der Waals surface area (Å²) < 4.78 is 5.67. The van der Waals surface area contributed by atoms with Crippen LogP contribution < -0.4 is 5.32 Å². The largest absolute Gasteiger partial charge is 0.380 e. The normalized spacial score (nSPS) is 32.6. The third-order valence-electron chi connectivity index (χ3n) is 4.11. The molecule has 2 aliphatic heterocycles. The Morgan fingerprint density at radius 1 is 1.24 bits per heavy atom. The van der Waals surface area contributed by atoms with Crippen molar-refractivity contribution >= 4 is 0 Å². The molecule has 0 aromatic carbocycles. The second-order valence-corrected chi connectivity index (χ2v) is 6.21. The van der Waals surface area contributed by atoms with Crippen molar-refractivity contribution in [1.29, 1.82) is 0 Å². The highest BCUT2D eigenvalue weighted by Gasteiger charge is 2.34. The Morgan fingerprint density at radius 2 is 1.88 bits per heavy atom. The maximum atomic E-state index is 5.67. The van der Waals surface area contributed by atoms with Crippen LogP contribution in [-0.4, -0.2) is 49.8 Å². The highest BCUT2D eigenvalue weighted by atomic mass is 16.5. The average molecular weight is 240 g/mol. The summed E-state index contributed by atoms with van der Waals surface area (Å²) in [6.07, 6.45) is 5.44. The van der Waals surface area contributed by atoms with Crippen molar-refractivity contribution in [3.05, 3.63) is 0 Å². The summed E-state index contributed by atoms with van der Waals surface area (Å²) in [5, 5.41) is 3.70. The summed E-state index contributed by atoms with van der Waals surface area (Å²) >= 11 is 0. The van der Waals surface area contributed by atoms with Gasteiger partial charge in [0.15, 0.2) is 0 Å². The van der Waals surface area contributed by atoms with Gasteiger partial charge in [-0.15, -0.1) is 0 Å². The van der Waals surface area contributed by atoms with E-state index in [1.54, 1.807) is 0 Å². The molecule has 0 radical (unpaired) electrons. The first-order chi connectivity index (χ1) is 8.15. The Labute approximate surface area is 106 Å². The fraction of sp³-hybridized carbons (Fsp3) is 1.00. The van der Waals surface area contributed by atoms with Gasteiger partial charge >= 0.3 is 0 Å². The minimum atomic E-state index is 0.648. The lowest BCUT2D eigenvalue weighted by atomic mass is 9.99. The van der Waals surface area contributed by atoms with Crippen molar-refractivity contribution < 1.29 is 4.74 Å². The van der Waals surface area contributed by atoms with Crippen LogP contribution in [0.5, 0.6) is 0 Å². The quantitative estimate of drug-likeness (QED) is 0.717. The molecule has 0 saturated carbocycles. The number of likely N-dealkylation sites (N-methyl/N-ethyl adjacent to an activating group) is 1. The number of nitrogens with one attached hydrogen (secondary N) is 1. The van der Waals surface area contributed by atoms with Crippen LogP contribution in [0.1, 0.15) is 39.5 Å². The van der Waals surface area contributed by atoms with Gasteiger partial charge in [-0.05, 0) is 38.6 Å². The predicted octanol–water partition coefficient (Wildman–Crippen LogP) is 1.87. The molecule has 3 heteroatoms. The maximum absolute atomic E-state index is 5.67. The van der Waals surface area contributed by atoms with Crippen LogP contribution in [-0.2, 0) is 4.74 Å². The lowest BCUT2D eigenvalue weighted by Gasteiger charge is -2.35. The molecule has 0 aliphatic carbocycles. The molecule has 2 saturated heterocycles. The number of hydrogen-bond donors (Lipinski definition) is 1. The van der Waals surface area contributed by atoms with E-state index in [-0.39, 0.29) is 0 Å². The van der Waals surface area contributed by atoms with Crippen molar-refractivity contribution in [1.82, 2.24) is 10.2 Å². The molecule has 0 spiro atoms. The van der Waals surface area contributed by atoms with Crippen molar-refractivity contribution in [3.63, 3.8) is 0 Å². The molecular formula is C14H28N2O. The Balaban J connectivity index is 1.64. The van der Waals surface area contributed by atoms with Crippen molar-refractivity contribution in [2.24, 2.45) is 5.92 Å². The van der Waals surface area contributed by atoms with Gasteiger partial charge in [-0.2, -0.15) is 0 Å². The van der Waals surface area contributed by atoms with E-state index in [1.165, 1.54) is 25.7 Å². The number of ether oxygens (including phenoxy) is 1. The number of nitrogens with zero attached hydrogens (tertiary/aromatic N) is 1. The van der Waals surface area contributed by atoms with Gasteiger partial charge in [-0.1, -0.05) is 13.8 Å². The molecule has 2 unspecified atom stereocenters. The molecule has 0 aromatic rings. The molecule has 1 N–H and O–H groups in total. The molecule has 3 nitrogen and oxygen atoms in total. The zero-order valence-electron chi connectivity index (χ0n) is 11.6. The van der Waals surface area contributed by atoms with Crippen LogP contribution in [0.2, 0.25) is 0 Å². The molecule has 0 amide bonds. The van der Waals surface area contributed by atoms with Crippen LogP contribution in [0.25, 0.3) is 0 Å². The molecule has 2 atom stereocenters. The lowest BCUT2D eigenvalue weighted by Crippen LogP contribution is -2.47. The smallest absolute Gasteiger partial charge is 0.0593 e.